The van der Waals surface area contributed by atoms with Crippen LogP contribution in [-0.2, 0) is 4.74 Å². The van der Waals surface area contributed by atoms with Crippen LogP contribution in [0.4, 0.5) is 23.4 Å². The largest absolute Gasteiger partial charge is 0.573 e. The van der Waals surface area contributed by atoms with E-state index in [2.05, 4.69) is 20.1 Å². The lowest BCUT2D eigenvalue weighted by Gasteiger charge is -2.36. The van der Waals surface area contributed by atoms with Crippen molar-refractivity contribution in [1.82, 2.24) is 19.9 Å². The van der Waals surface area contributed by atoms with Gasteiger partial charge in [-0.15, -0.1) is 13.2 Å². The summed E-state index contributed by atoms with van der Waals surface area (Å²) in [6, 6.07) is 3.29. The van der Waals surface area contributed by atoms with Crippen LogP contribution >= 0.6 is 0 Å². The number of alkyl halides is 3. The molecule has 3 atom stereocenters. The molecule has 1 amide bonds. The second kappa shape index (κ2) is 9.78. The zero-order valence-electron chi connectivity index (χ0n) is 20.6. The fraction of sp³-hybridized carbons (Fsp3) is 0.458. The summed E-state index contributed by atoms with van der Waals surface area (Å²) in [5.74, 6) is -2.35. The third-order valence-corrected chi connectivity index (χ3v) is 5.84. The first-order chi connectivity index (χ1) is 17.2. The second-order valence-corrected chi connectivity index (χ2v) is 9.57. The zero-order valence-corrected chi connectivity index (χ0v) is 20.6. The summed E-state index contributed by atoms with van der Waals surface area (Å²) >= 11 is 0. The molecule has 1 fully saturated rings. The lowest BCUT2D eigenvalue weighted by Crippen LogP contribution is -2.45. The molecule has 4 rings (SSSR count). The van der Waals surface area contributed by atoms with E-state index in [1.807, 2.05) is 18.7 Å². The minimum absolute atomic E-state index is 0.00434. The molecule has 0 radical (unpaired) electrons. The molecule has 1 saturated heterocycles. The van der Waals surface area contributed by atoms with Gasteiger partial charge in [0, 0.05) is 19.3 Å². The Morgan fingerprint density at radius 1 is 1.22 bits per heavy atom. The van der Waals surface area contributed by atoms with Crippen LogP contribution in [0.2, 0.25) is 0 Å². The van der Waals surface area contributed by atoms with Crippen LogP contribution in [0.15, 0.2) is 36.7 Å². The number of halogens is 4. The fourth-order valence-electron chi connectivity index (χ4n) is 4.34. The number of nitrogens with one attached hydrogen (secondary N) is 1. The molecule has 0 unspecified atom stereocenters. The van der Waals surface area contributed by atoms with Gasteiger partial charge in [-0.2, -0.15) is 5.10 Å². The van der Waals surface area contributed by atoms with Crippen molar-refractivity contribution in [1.29, 1.82) is 0 Å². The van der Waals surface area contributed by atoms with E-state index < -0.39 is 35.5 Å². The van der Waals surface area contributed by atoms with Gasteiger partial charge in [0.1, 0.15) is 11.4 Å². The molecule has 1 aliphatic heterocycles. The van der Waals surface area contributed by atoms with Crippen LogP contribution in [0.3, 0.4) is 0 Å². The summed E-state index contributed by atoms with van der Waals surface area (Å²) in [5.41, 5.74) is -1.22. The number of aliphatic hydroxyl groups is 1. The molecule has 0 aliphatic carbocycles. The highest BCUT2D eigenvalue weighted by Gasteiger charge is 2.35. The molecule has 0 spiro atoms. The number of fused-ring (bicyclic) bond motifs is 1. The number of carbonyl (C=O) groups is 1. The monoisotopic (exact) mass is 525 g/mol. The molecule has 3 heterocycles. The van der Waals surface area contributed by atoms with Crippen LogP contribution in [0.1, 0.15) is 49.7 Å². The number of benzene rings is 1. The quantitative estimate of drug-likeness (QED) is 0.474. The fourth-order valence-corrected chi connectivity index (χ4v) is 4.34. The first-order valence-electron chi connectivity index (χ1n) is 11.5. The van der Waals surface area contributed by atoms with Crippen molar-refractivity contribution >= 4 is 17.4 Å². The van der Waals surface area contributed by atoms with Gasteiger partial charge in [0.15, 0.2) is 17.2 Å². The van der Waals surface area contributed by atoms with Gasteiger partial charge in [-0.1, -0.05) is 6.07 Å². The van der Waals surface area contributed by atoms with Crippen LogP contribution in [-0.4, -0.2) is 62.9 Å². The Hall–Kier alpha value is -3.45. The number of morpholine rings is 1. The van der Waals surface area contributed by atoms with E-state index in [-0.39, 0.29) is 29.0 Å². The second-order valence-electron chi connectivity index (χ2n) is 9.57. The van der Waals surface area contributed by atoms with Crippen molar-refractivity contribution in [3.05, 3.63) is 53.6 Å². The van der Waals surface area contributed by atoms with Crippen molar-refractivity contribution in [3.8, 4) is 5.75 Å². The van der Waals surface area contributed by atoms with Crippen molar-refractivity contribution in [3.63, 3.8) is 0 Å². The highest BCUT2D eigenvalue weighted by atomic mass is 19.4. The molecule has 0 bridgehead atoms. The molecule has 13 heteroatoms. The minimum atomic E-state index is -5.07. The Bertz CT molecular complexity index is 1280. The molecule has 1 aromatic carbocycles. The highest BCUT2D eigenvalue weighted by molar-refractivity contribution is 6.00. The normalized spacial score (nSPS) is 19.6. The van der Waals surface area contributed by atoms with E-state index in [4.69, 9.17) is 4.74 Å². The van der Waals surface area contributed by atoms with Gasteiger partial charge < -0.3 is 24.8 Å². The molecule has 1 aliphatic rings. The van der Waals surface area contributed by atoms with Gasteiger partial charge in [0.25, 0.3) is 5.91 Å². The molecular weight excluding hydrogens is 498 g/mol. The van der Waals surface area contributed by atoms with Crippen LogP contribution in [0, 0.1) is 5.82 Å². The van der Waals surface area contributed by atoms with Crippen molar-refractivity contribution in [2.75, 3.05) is 18.0 Å². The maximum Gasteiger partial charge on any atom is 0.573 e. The minimum Gasteiger partial charge on any atom is -0.403 e. The van der Waals surface area contributed by atoms with Crippen molar-refractivity contribution in [2.24, 2.45) is 0 Å². The standard InChI is InChI=1S/C24H27F4N5O4/c1-13-11-32(12-14(2)36-13)19-7-8-33-21(30-19)16(10-29-33)22(34)31-20(23(3,4)35)15-5-6-18(17(25)9-15)37-24(26,27)28/h5-10,13-14,20,35H,11-12H2,1-4H3,(H,31,34)/t13-,14+,20-/m0/s1. The van der Waals surface area contributed by atoms with Gasteiger partial charge in [-0.25, -0.2) is 13.9 Å². The van der Waals surface area contributed by atoms with Gasteiger partial charge >= 0.3 is 6.36 Å². The summed E-state index contributed by atoms with van der Waals surface area (Å²) < 4.78 is 62.7. The topological polar surface area (TPSA) is 101 Å². The average Bonchev–Trinajstić information content (AvgIpc) is 3.20. The maximum atomic E-state index is 14.4. The number of ether oxygens (including phenoxy) is 2. The lowest BCUT2D eigenvalue weighted by molar-refractivity contribution is -0.275. The van der Waals surface area contributed by atoms with E-state index >= 15 is 0 Å². The summed E-state index contributed by atoms with van der Waals surface area (Å²) in [4.78, 5) is 19.9. The smallest absolute Gasteiger partial charge is 0.403 e. The van der Waals surface area contributed by atoms with Crippen LogP contribution < -0.4 is 15.0 Å². The number of aromatic nitrogens is 3. The summed E-state index contributed by atoms with van der Waals surface area (Å²) in [5, 5.41) is 17.5. The summed E-state index contributed by atoms with van der Waals surface area (Å²) in [7, 11) is 0. The Labute approximate surface area is 210 Å². The molecule has 3 aromatic rings. The van der Waals surface area contributed by atoms with Crippen LogP contribution in [0.5, 0.6) is 5.75 Å². The Morgan fingerprint density at radius 2 is 1.89 bits per heavy atom. The van der Waals surface area contributed by atoms with Crippen molar-refractivity contribution in [2.45, 2.75) is 57.9 Å². The van der Waals surface area contributed by atoms with Crippen molar-refractivity contribution < 1.29 is 36.9 Å². The van der Waals surface area contributed by atoms with E-state index in [0.29, 0.717) is 18.9 Å². The van der Waals surface area contributed by atoms with Gasteiger partial charge in [-0.05, 0) is 51.5 Å². The van der Waals surface area contributed by atoms with E-state index in [1.54, 1.807) is 12.3 Å². The number of nitrogens with zero attached hydrogens (tertiary/aromatic N) is 4. The molecule has 0 saturated carbocycles. The van der Waals surface area contributed by atoms with Gasteiger partial charge in [-0.3, -0.25) is 4.79 Å². The molecule has 2 aromatic heterocycles. The first kappa shape index (κ1) is 26.6. The Balaban J connectivity index is 1.62. The Kier molecular flexibility index (Phi) is 7.04. The number of hydrogen-bond acceptors (Lipinski definition) is 7. The molecule has 2 N–H and O–H groups in total. The van der Waals surface area contributed by atoms with E-state index in [9.17, 15) is 27.5 Å². The van der Waals surface area contributed by atoms with E-state index in [1.165, 1.54) is 24.6 Å². The average molecular weight is 526 g/mol. The highest BCUT2D eigenvalue weighted by Crippen LogP contribution is 2.32. The number of anilines is 1. The first-order valence-corrected chi connectivity index (χ1v) is 11.5. The number of carbonyl (C=O) groups excluding carboxylic acids is 1. The molecule has 200 valence electrons. The number of amides is 1. The predicted octanol–water partition coefficient (Wildman–Crippen LogP) is 3.62. The SMILES string of the molecule is C[C@@H]1CN(c2ccn3ncc(C(=O)N[C@@H](c4ccc(OC(F)(F)F)c(F)c4)C(C)(C)O)c3n2)C[C@H](C)O1. The van der Waals surface area contributed by atoms with Gasteiger partial charge in [0.05, 0.1) is 30.0 Å². The maximum absolute atomic E-state index is 14.4. The third-order valence-electron chi connectivity index (χ3n) is 5.84. The number of rotatable bonds is 6. The van der Waals surface area contributed by atoms with Crippen LogP contribution in [0.25, 0.3) is 5.65 Å². The summed E-state index contributed by atoms with van der Waals surface area (Å²) in [6.45, 7) is 7.90. The lowest BCUT2D eigenvalue weighted by atomic mass is 9.91. The van der Waals surface area contributed by atoms with Gasteiger partial charge in [0.2, 0.25) is 0 Å². The Morgan fingerprint density at radius 3 is 2.49 bits per heavy atom. The predicted molar refractivity (Wildman–Crippen MR) is 125 cm³/mol. The molecule has 9 nitrogen and oxygen atoms in total. The van der Waals surface area contributed by atoms with E-state index in [0.717, 1.165) is 18.2 Å². The number of hydrogen-bond donors (Lipinski definition) is 2. The molecule has 37 heavy (non-hydrogen) atoms. The summed E-state index contributed by atoms with van der Waals surface area (Å²) in [6.07, 6.45) is -2.10. The third kappa shape index (κ3) is 6.10. The zero-order chi connectivity index (χ0) is 27.1. The molecular formula is C24H27F4N5O4.